The van der Waals surface area contributed by atoms with Crippen LogP contribution in [0.4, 0.5) is 18.9 Å². The van der Waals surface area contributed by atoms with E-state index < -0.39 is 11.7 Å². The molecule has 2 rings (SSSR count). The Bertz CT molecular complexity index is 518. The monoisotopic (exact) mass is 236 g/mol. The third-order valence-corrected chi connectivity index (χ3v) is 2.38. The van der Waals surface area contributed by atoms with Crippen LogP contribution in [0.25, 0.3) is 11.1 Å². The maximum atomic E-state index is 12.9. The smallest absolute Gasteiger partial charge is 0.399 e. The molecule has 0 aliphatic heterocycles. The number of rotatable bonds is 1. The van der Waals surface area contributed by atoms with Gasteiger partial charge in [0, 0.05) is 5.69 Å². The van der Waals surface area contributed by atoms with E-state index in [2.05, 4.69) is 6.07 Å². The van der Waals surface area contributed by atoms with Crippen LogP contribution in [0.5, 0.6) is 0 Å². The third-order valence-electron chi connectivity index (χ3n) is 2.38. The Balaban J connectivity index is 2.63. The molecule has 4 heteroatoms. The van der Waals surface area contributed by atoms with Crippen molar-refractivity contribution in [2.24, 2.45) is 0 Å². The van der Waals surface area contributed by atoms with Crippen molar-refractivity contribution in [3.63, 3.8) is 0 Å². The molecule has 87 valence electrons. The van der Waals surface area contributed by atoms with Crippen molar-refractivity contribution >= 4 is 5.69 Å². The molecular formula is C13H9F3N. The Labute approximate surface area is 96.7 Å². The standard InChI is InChI=1S/C13H9F3N/c14-13(15,16)12-8-10(17)6-7-11(12)9-4-2-1-3-5-9/h2-8H,17H2. The highest BCUT2D eigenvalue weighted by molar-refractivity contribution is 5.70. The Morgan fingerprint density at radius 1 is 1.00 bits per heavy atom. The molecule has 1 nitrogen and oxygen atoms in total. The second-order valence-electron chi connectivity index (χ2n) is 3.59. The summed E-state index contributed by atoms with van der Waals surface area (Å²) < 4.78 is 38.6. The summed E-state index contributed by atoms with van der Waals surface area (Å²) in [5.74, 6) is 0. The molecule has 0 aromatic heterocycles. The summed E-state index contributed by atoms with van der Waals surface area (Å²) in [7, 11) is 0. The van der Waals surface area contributed by atoms with Gasteiger partial charge in [0.2, 0.25) is 0 Å². The second kappa shape index (κ2) is 4.13. The van der Waals surface area contributed by atoms with Gasteiger partial charge >= 0.3 is 6.18 Å². The molecule has 2 aromatic rings. The summed E-state index contributed by atoms with van der Waals surface area (Å²) in [4.78, 5) is 0. The SMILES string of the molecule is Nc1ccc(-c2cc[c]cc2)c(C(F)(F)F)c1. The van der Waals surface area contributed by atoms with Crippen LogP contribution in [0.3, 0.4) is 0 Å². The van der Waals surface area contributed by atoms with Crippen LogP contribution in [0.2, 0.25) is 0 Å². The molecule has 2 N–H and O–H groups in total. The Morgan fingerprint density at radius 2 is 1.65 bits per heavy atom. The van der Waals surface area contributed by atoms with Crippen molar-refractivity contribution in [3.8, 4) is 11.1 Å². The Hall–Kier alpha value is -1.97. The molecule has 0 saturated carbocycles. The van der Waals surface area contributed by atoms with Gasteiger partial charge in [-0.05, 0) is 29.3 Å². The Morgan fingerprint density at radius 3 is 2.24 bits per heavy atom. The lowest BCUT2D eigenvalue weighted by Crippen LogP contribution is -2.08. The molecule has 0 aliphatic carbocycles. The van der Waals surface area contributed by atoms with Crippen LogP contribution in [0.1, 0.15) is 5.56 Å². The van der Waals surface area contributed by atoms with Gasteiger partial charge in [0.1, 0.15) is 0 Å². The van der Waals surface area contributed by atoms with Crippen LogP contribution < -0.4 is 5.73 Å². The highest BCUT2D eigenvalue weighted by Crippen LogP contribution is 2.37. The second-order valence-corrected chi connectivity index (χ2v) is 3.59. The number of hydrogen-bond acceptors (Lipinski definition) is 1. The molecule has 1 radical (unpaired) electrons. The van der Waals surface area contributed by atoms with Crippen molar-refractivity contribution in [2.45, 2.75) is 6.18 Å². The van der Waals surface area contributed by atoms with E-state index >= 15 is 0 Å². The van der Waals surface area contributed by atoms with Crippen molar-refractivity contribution < 1.29 is 13.2 Å². The van der Waals surface area contributed by atoms with Crippen molar-refractivity contribution in [3.05, 3.63) is 54.1 Å². The van der Waals surface area contributed by atoms with Gasteiger partial charge in [-0.3, -0.25) is 0 Å². The molecule has 0 saturated heterocycles. The first-order valence-corrected chi connectivity index (χ1v) is 4.92. The van der Waals surface area contributed by atoms with E-state index in [4.69, 9.17) is 5.73 Å². The van der Waals surface area contributed by atoms with Gasteiger partial charge in [-0.15, -0.1) is 0 Å². The number of hydrogen-bond donors (Lipinski definition) is 1. The highest BCUT2D eigenvalue weighted by Gasteiger charge is 2.33. The predicted molar refractivity (Wildman–Crippen MR) is 60.1 cm³/mol. The summed E-state index contributed by atoms with van der Waals surface area (Å²) in [5.41, 5.74) is 5.40. The van der Waals surface area contributed by atoms with Crippen molar-refractivity contribution in [1.29, 1.82) is 0 Å². The van der Waals surface area contributed by atoms with Gasteiger partial charge in [0.05, 0.1) is 5.56 Å². The zero-order valence-corrected chi connectivity index (χ0v) is 8.75. The minimum Gasteiger partial charge on any atom is -0.399 e. The van der Waals surface area contributed by atoms with E-state index in [0.717, 1.165) is 6.07 Å². The lowest BCUT2D eigenvalue weighted by molar-refractivity contribution is -0.137. The minimum atomic E-state index is -4.41. The number of alkyl halides is 3. The van der Waals surface area contributed by atoms with E-state index in [9.17, 15) is 13.2 Å². The van der Waals surface area contributed by atoms with E-state index in [1.54, 1.807) is 24.3 Å². The largest absolute Gasteiger partial charge is 0.417 e. The quantitative estimate of drug-likeness (QED) is 0.749. The molecule has 0 unspecified atom stereocenters. The average Bonchev–Trinajstić information content (AvgIpc) is 2.29. The Kier molecular flexibility index (Phi) is 2.79. The number of nitrogens with two attached hydrogens (primary N) is 1. The first-order chi connectivity index (χ1) is 7.98. The van der Waals surface area contributed by atoms with Crippen LogP contribution in [0.15, 0.2) is 42.5 Å². The minimum absolute atomic E-state index is 0.101. The van der Waals surface area contributed by atoms with Gasteiger partial charge in [-0.1, -0.05) is 30.3 Å². The van der Waals surface area contributed by atoms with Gasteiger partial charge in [0.25, 0.3) is 0 Å². The van der Waals surface area contributed by atoms with Crippen molar-refractivity contribution in [2.75, 3.05) is 5.73 Å². The third kappa shape index (κ3) is 2.41. The highest BCUT2D eigenvalue weighted by atomic mass is 19.4. The van der Waals surface area contributed by atoms with Crippen molar-refractivity contribution in [1.82, 2.24) is 0 Å². The topological polar surface area (TPSA) is 26.0 Å². The fourth-order valence-corrected chi connectivity index (χ4v) is 1.61. The zero-order valence-electron chi connectivity index (χ0n) is 8.75. The van der Waals surface area contributed by atoms with Gasteiger partial charge in [0.15, 0.2) is 0 Å². The lowest BCUT2D eigenvalue weighted by Gasteiger charge is -2.13. The lowest BCUT2D eigenvalue weighted by atomic mass is 9.99. The molecule has 0 fully saturated rings. The normalized spacial score (nSPS) is 11.5. The first kappa shape index (κ1) is 11.5. The summed E-state index contributed by atoms with van der Waals surface area (Å²) in [6.07, 6.45) is -4.41. The molecular weight excluding hydrogens is 227 g/mol. The molecule has 2 aromatic carbocycles. The van der Waals surface area contributed by atoms with Crippen LogP contribution in [-0.2, 0) is 6.18 Å². The average molecular weight is 236 g/mol. The van der Waals surface area contributed by atoms with Gasteiger partial charge in [-0.2, -0.15) is 13.2 Å². The van der Waals surface area contributed by atoms with Crippen LogP contribution in [-0.4, -0.2) is 0 Å². The van der Waals surface area contributed by atoms with E-state index in [-0.39, 0.29) is 11.3 Å². The molecule has 0 atom stereocenters. The van der Waals surface area contributed by atoms with Crippen LogP contribution >= 0.6 is 0 Å². The van der Waals surface area contributed by atoms with Gasteiger partial charge < -0.3 is 5.73 Å². The summed E-state index contributed by atoms with van der Waals surface area (Å²) in [6.45, 7) is 0. The van der Waals surface area contributed by atoms with Crippen LogP contribution in [0, 0.1) is 6.07 Å². The summed E-state index contributed by atoms with van der Waals surface area (Å²) in [6, 6.07) is 12.9. The van der Waals surface area contributed by atoms with E-state index in [1.165, 1.54) is 12.1 Å². The summed E-state index contributed by atoms with van der Waals surface area (Å²) in [5, 5.41) is 0. The van der Waals surface area contributed by atoms with Gasteiger partial charge in [-0.25, -0.2) is 0 Å². The predicted octanol–water partition coefficient (Wildman–Crippen LogP) is 3.75. The fraction of sp³-hybridized carbons (Fsp3) is 0.0769. The van der Waals surface area contributed by atoms with E-state index in [1.807, 2.05) is 0 Å². The molecule has 17 heavy (non-hydrogen) atoms. The molecule has 0 amide bonds. The molecule has 0 aliphatic rings. The number of nitrogen functional groups attached to an aromatic ring is 1. The molecule has 0 bridgehead atoms. The number of benzene rings is 2. The summed E-state index contributed by atoms with van der Waals surface area (Å²) >= 11 is 0. The van der Waals surface area contributed by atoms with E-state index in [0.29, 0.717) is 5.56 Å². The molecule has 0 heterocycles. The number of halogens is 3. The number of anilines is 1. The zero-order chi connectivity index (χ0) is 12.5. The molecule has 0 spiro atoms. The maximum absolute atomic E-state index is 12.9. The maximum Gasteiger partial charge on any atom is 0.417 e. The fourth-order valence-electron chi connectivity index (χ4n) is 1.61. The first-order valence-electron chi connectivity index (χ1n) is 4.92.